The van der Waals surface area contributed by atoms with E-state index in [1.807, 2.05) is 0 Å². The Hall–Kier alpha value is -3.05. The van der Waals surface area contributed by atoms with E-state index >= 15 is 0 Å². The summed E-state index contributed by atoms with van der Waals surface area (Å²) in [6.45, 7) is 3.94. The van der Waals surface area contributed by atoms with Crippen molar-refractivity contribution in [1.29, 1.82) is 0 Å². The monoisotopic (exact) mass is 369 g/mol. The summed E-state index contributed by atoms with van der Waals surface area (Å²) < 4.78 is 16.3. The number of nitrogens with zero attached hydrogens (tertiary/aromatic N) is 1. The van der Waals surface area contributed by atoms with Gasteiger partial charge >= 0.3 is 5.97 Å². The van der Waals surface area contributed by atoms with Crippen molar-refractivity contribution < 1.29 is 19.0 Å². The molecule has 1 aliphatic heterocycles. The van der Waals surface area contributed by atoms with Crippen LogP contribution in [0.2, 0.25) is 5.02 Å². The second-order valence-corrected chi connectivity index (χ2v) is 5.70. The second-order valence-electron chi connectivity index (χ2n) is 5.29. The summed E-state index contributed by atoms with van der Waals surface area (Å²) in [5, 5.41) is 0.455. The topological polar surface area (TPSA) is 57.1 Å². The van der Waals surface area contributed by atoms with E-state index in [9.17, 15) is 4.79 Å². The molecule has 0 amide bonds. The fourth-order valence-corrected chi connectivity index (χ4v) is 2.63. The molecule has 2 aromatic rings. The minimum Gasteiger partial charge on any atom is -0.493 e. The van der Waals surface area contributed by atoms with Gasteiger partial charge in [0.25, 0.3) is 0 Å². The molecule has 26 heavy (non-hydrogen) atoms. The van der Waals surface area contributed by atoms with Gasteiger partial charge in [0.05, 0.1) is 17.7 Å². The normalized spacial score (nSPS) is 14.8. The summed E-state index contributed by atoms with van der Waals surface area (Å²) >= 11 is 6.14. The lowest BCUT2D eigenvalue weighted by Gasteiger charge is -2.12. The summed E-state index contributed by atoms with van der Waals surface area (Å²) in [6.07, 6.45) is 3.22. The molecule has 0 aromatic heterocycles. The molecule has 0 unspecified atom stereocenters. The third-order valence-electron chi connectivity index (χ3n) is 3.59. The third kappa shape index (κ3) is 3.63. The minimum atomic E-state index is -0.558. The van der Waals surface area contributed by atoms with E-state index in [4.69, 9.17) is 25.8 Å². The molecule has 0 spiro atoms. The first-order valence-electron chi connectivity index (χ1n) is 7.82. The average Bonchev–Trinajstić information content (AvgIpc) is 3.01. The highest BCUT2D eigenvalue weighted by atomic mass is 35.5. The zero-order chi connectivity index (χ0) is 18.5. The predicted octanol–water partition coefficient (Wildman–Crippen LogP) is 4.26. The molecule has 5 nitrogen and oxygen atoms in total. The molecule has 132 valence electrons. The van der Waals surface area contributed by atoms with Crippen LogP contribution in [0.1, 0.15) is 11.1 Å². The van der Waals surface area contributed by atoms with E-state index in [0.29, 0.717) is 34.3 Å². The maximum atomic E-state index is 12.2. The molecule has 3 rings (SSSR count). The zero-order valence-electron chi connectivity index (χ0n) is 14.1. The number of hydrogen-bond acceptors (Lipinski definition) is 5. The summed E-state index contributed by atoms with van der Waals surface area (Å²) in [6, 6.07) is 12.4. The number of halogens is 1. The maximum Gasteiger partial charge on any atom is 0.363 e. The molecule has 0 atom stereocenters. The first-order chi connectivity index (χ1) is 12.6. The Balaban J connectivity index is 2.01. The predicted molar refractivity (Wildman–Crippen MR) is 101 cm³/mol. The standard InChI is InChI=1S/C20H16ClNO4/c1-3-11-25-18-13(7-6-10-17(18)24-2)12-16-20(23)26-19(22-16)14-8-4-5-9-15(14)21/h3-10,12H,1,11H2,2H3/b16-12-. The number of ether oxygens (including phenoxy) is 3. The molecule has 0 N–H and O–H groups in total. The Bertz CT molecular complexity index is 918. The van der Waals surface area contributed by atoms with Crippen LogP contribution in [0.25, 0.3) is 6.08 Å². The molecule has 0 saturated heterocycles. The first kappa shape index (κ1) is 17.8. The van der Waals surface area contributed by atoms with Crippen LogP contribution in [0.5, 0.6) is 11.5 Å². The number of para-hydroxylation sites is 1. The van der Waals surface area contributed by atoms with Gasteiger partial charge < -0.3 is 14.2 Å². The highest BCUT2D eigenvalue weighted by Crippen LogP contribution is 2.33. The fraction of sp³-hybridized carbons (Fsp3) is 0.100. The lowest BCUT2D eigenvalue weighted by atomic mass is 10.1. The number of carbonyl (C=O) groups excluding carboxylic acids is 1. The fourth-order valence-electron chi connectivity index (χ4n) is 2.41. The molecule has 1 heterocycles. The van der Waals surface area contributed by atoms with Gasteiger partial charge in [-0.15, -0.1) is 0 Å². The smallest absolute Gasteiger partial charge is 0.363 e. The van der Waals surface area contributed by atoms with Gasteiger partial charge in [-0.05, 0) is 24.3 Å². The zero-order valence-corrected chi connectivity index (χ0v) is 14.8. The van der Waals surface area contributed by atoms with Crippen molar-refractivity contribution in [3.05, 3.63) is 77.0 Å². The Kier molecular flexibility index (Phi) is 5.39. The molecule has 0 fully saturated rings. The van der Waals surface area contributed by atoms with Crippen LogP contribution in [0.4, 0.5) is 0 Å². The van der Waals surface area contributed by atoms with Crippen molar-refractivity contribution in [1.82, 2.24) is 0 Å². The van der Waals surface area contributed by atoms with Crippen LogP contribution in [0, 0.1) is 0 Å². The van der Waals surface area contributed by atoms with Crippen LogP contribution in [0.3, 0.4) is 0 Å². The number of esters is 1. The Morgan fingerprint density at radius 3 is 2.77 bits per heavy atom. The lowest BCUT2D eigenvalue weighted by molar-refractivity contribution is -0.129. The number of hydrogen-bond donors (Lipinski definition) is 0. The largest absolute Gasteiger partial charge is 0.493 e. The molecule has 0 saturated carbocycles. The number of cyclic esters (lactones) is 1. The summed E-state index contributed by atoms with van der Waals surface area (Å²) in [5.41, 5.74) is 1.35. The van der Waals surface area contributed by atoms with E-state index in [2.05, 4.69) is 11.6 Å². The van der Waals surface area contributed by atoms with Crippen molar-refractivity contribution in [2.75, 3.05) is 13.7 Å². The van der Waals surface area contributed by atoms with E-state index < -0.39 is 5.97 Å². The van der Waals surface area contributed by atoms with Gasteiger partial charge in [0.1, 0.15) is 6.61 Å². The molecular formula is C20H16ClNO4. The molecule has 6 heteroatoms. The molecular weight excluding hydrogens is 354 g/mol. The van der Waals surface area contributed by atoms with Crippen molar-refractivity contribution in [3.8, 4) is 11.5 Å². The van der Waals surface area contributed by atoms with Crippen LogP contribution in [-0.4, -0.2) is 25.6 Å². The Labute approximate surface area is 156 Å². The Morgan fingerprint density at radius 2 is 2.04 bits per heavy atom. The highest BCUT2D eigenvalue weighted by Gasteiger charge is 2.26. The van der Waals surface area contributed by atoms with Crippen LogP contribution >= 0.6 is 11.6 Å². The van der Waals surface area contributed by atoms with E-state index in [-0.39, 0.29) is 11.6 Å². The van der Waals surface area contributed by atoms with Crippen molar-refractivity contribution in [2.45, 2.75) is 0 Å². The summed E-state index contributed by atoms with van der Waals surface area (Å²) in [5.74, 6) is 0.653. The maximum absolute atomic E-state index is 12.2. The van der Waals surface area contributed by atoms with E-state index in [1.54, 1.807) is 61.7 Å². The van der Waals surface area contributed by atoms with Gasteiger partial charge in [0, 0.05) is 5.56 Å². The van der Waals surface area contributed by atoms with Gasteiger partial charge in [-0.1, -0.05) is 48.5 Å². The number of rotatable bonds is 6. The number of benzene rings is 2. The van der Waals surface area contributed by atoms with Gasteiger partial charge in [0.15, 0.2) is 17.2 Å². The number of carbonyl (C=O) groups is 1. The minimum absolute atomic E-state index is 0.150. The van der Waals surface area contributed by atoms with Crippen LogP contribution in [0.15, 0.2) is 65.8 Å². The van der Waals surface area contributed by atoms with Crippen LogP contribution in [-0.2, 0) is 9.53 Å². The van der Waals surface area contributed by atoms with Gasteiger partial charge in [-0.3, -0.25) is 0 Å². The molecule has 0 aliphatic carbocycles. The molecule has 2 aromatic carbocycles. The summed E-state index contributed by atoms with van der Waals surface area (Å²) in [7, 11) is 1.55. The summed E-state index contributed by atoms with van der Waals surface area (Å²) in [4.78, 5) is 16.5. The molecule has 1 aliphatic rings. The first-order valence-corrected chi connectivity index (χ1v) is 8.20. The Morgan fingerprint density at radius 1 is 1.23 bits per heavy atom. The average molecular weight is 370 g/mol. The lowest BCUT2D eigenvalue weighted by Crippen LogP contribution is -2.05. The van der Waals surface area contributed by atoms with E-state index in [0.717, 1.165) is 0 Å². The molecule has 0 radical (unpaired) electrons. The second kappa shape index (κ2) is 7.89. The van der Waals surface area contributed by atoms with Crippen molar-refractivity contribution in [2.24, 2.45) is 4.99 Å². The van der Waals surface area contributed by atoms with Crippen molar-refractivity contribution in [3.63, 3.8) is 0 Å². The van der Waals surface area contributed by atoms with E-state index in [1.165, 1.54) is 0 Å². The van der Waals surface area contributed by atoms with Gasteiger partial charge in [0.2, 0.25) is 5.90 Å². The number of aliphatic imine (C=N–C) groups is 1. The highest BCUT2D eigenvalue weighted by molar-refractivity contribution is 6.34. The molecule has 0 bridgehead atoms. The SMILES string of the molecule is C=CCOc1c(/C=C2\N=C(c3ccccc3Cl)OC2=O)cccc1OC. The quantitative estimate of drug-likeness (QED) is 0.433. The third-order valence-corrected chi connectivity index (χ3v) is 3.92. The van der Waals surface area contributed by atoms with Gasteiger partial charge in [-0.2, -0.15) is 0 Å². The van der Waals surface area contributed by atoms with Crippen molar-refractivity contribution >= 4 is 29.5 Å². The van der Waals surface area contributed by atoms with Gasteiger partial charge in [-0.25, -0.2) is 9.79 Å². The number of methoxy groups -OCH3 is 1. The van der Waals surface area contributed by atoms with Crippen LogP contribution < -0.4 is 9.47 Å².